The van der Waals surface area contributed by atoms with E-state index in [9.17, 15) is 0 Å². The molecule has 1 atom stereocenters. The molecule has 4 heteroatoms. The first-order chi connectivity index (χ1) is 7.31. The van der Waals surface area contributed by atoms with Crippen molar-refractivity contribution in [2.45, 2.75) is 18.9 Å². The number of nitrogens with zero attached hydrogens (tertiary/aromatic N) is 1. The molecule has 0 amide bonds. The van der Waals surface area contributed by atoms with Gasteiger partial charge < -0.3 is 9.74 Å². The lowest BCUT2D eigenvalue weighted by Gasteiger charge is -2.26. The van der Waals surface area contributed by atoms with Gasteiger partial charge in [-0.2, -0.15) is 0 Å². The number of anilines is 1. The van der Waals surface area contributed by atoms with E-state index in [1.54, 1.807) is 0 Å². The fourth-order valence-corrected chi connectivity index (χ4v) is 2.50. The van der Waals surface area contributed by atoms with E-state index in [0.717, 1.165) is 17.4 Å². The third kappa shape index (κ3) is 2.51. The summed E-state index contributed by atoms with van der Waals surface area (Å²) in [5.74, 6) is 5.14. The molecule has 0 radical (unpaired) electrons. The molecule has 15 heavy (non-hydrogen) atoms. The standard InChI is InChI=1S/C11H15BrN2O/c12-9-3-1-4-10(7-9)14-6-2-5-11(14)8-15-13/h1,3-4,7,11H,2,5-6,8,13H2. The van der Waals surface area contributed by atoms with Gasteiger partial charge >= 0.3 is 0 Å². The van der Waals surface area contributed by atoms with Crippen molar-refractivity contribution in [1.29, 1.82) is 0 Å². The molecular weight excluding hydrogens is 256 g/mol. The Morgan fingerprint density at radius 1 is 1.53 bits per heavy atom. The Hall–Kier alpha value is -0.580. The second kappa shape index (κ2) is 4.96. The van der Waals surface area contributed by atoms with Gasteiger partial charge in [0.1, 0.15) is 0 Å². The van der Waals surface area contributed by atoms with Crippen LogP contribution >= 0.6 is 15.9 Å². The van der Waals surface area contributed by atoms with Gasteiger partial charge in [0.2, 0.25) is 0 Å². The van der Waals surface area contributed by atoms with Gasteiger partial charge in [0.05, 0.1) is 12.6 Å². The highest BCUT2D eigenvalue weighted by Gasteiger charge is 2.24. The SMILES string of the molecule is NOCC1CCCN1c1cccc(Br)c1. The van der Waals surface area contributed by atoms with E-state index in [1.807, 2.05) is 6.07 Å². The molecule has 1 heterocycles. The van der Waals surface area contributed by atoms with Crippen molar-refractivity contribution >= 4 is 21.6 Å². The normalized spacial score (nSPS) is 20.9. The molecule has 0 bridgehead atoms. The fraction of sp³-hybridized carbons (Fsp3) is 0.455. The van der Waals surface area contributed by atoms with E-state index in [1.165, 1.54) is 12.1 Å². The van der Waals surface area contributed by atoms with Crippen LogP contribution in [0.1, 0.15) is 12.8 Å². The predicted octanol–water partition coefficient (Wildman–Crippen LogP) is 2.31. The average Bonchev–Trinajstić information content (AvgIpc) is 2.66. The van der Waals surface area contributed by atoms with E-state index in [-0.39, 0.29) is 0 Å². The zero-order valence-electron chi connectivity index (χ0n) is 8.53. The van der Waals surface area contributed by atoms with Crippen LogP contribution in [0.3, 0.4) is 0 Å². The lowest BCUT2D eigenvalue weighted by atomic mass is 10.2. The maximum absolute atomic E-state index is 5.14. The van der Waals surface area contributed by atoms with Gasteiger partial charge in [-0.1, -0.05) is 22.0 Å². The van der Waals surface area contributed by atoms with Gasteiger partial charge in [0.15, 0.2) is 0 Å². The van der Waals surface area contributed by atoms with Crippen LogP contribution in [-0.2, 0) is 4.84 Å². The minimum atomic E-state index is 0.421. The van der Waals surface area contributed by atoms with Gasteiger partial charge in [-0.3, -0.25) is 0 Å². The van der Waals surface area contributed by atoms with Crippen molar-refractivity contribution in [2.75, 3.05) is 18.1 Å². The Morgan fingerprint density at radius 3 is 3.13 bits per heavy atom. The first-order valence-electron chi connectivity index (χ1n) is 5.15. The molecule has 2 rings (SSSR count). The number of halogens is 1. The van der Waals surface area contributed by atoms with Crippen LogP contribution in [0.2, 0.25) is 0 Å². The second-order valence-electron chi connectivity index (χ2n) is 3.80. The first-order valence-corrected chi connectivity index (χ1v) is 5.94. The zero-order valence-corrected chi connectivity index (χ0v) is 10.1. The smallest absolute Gasteiger partial charge is 0.0882 e. The van der Waals surface area contributed by atoms with Gasteiger partial charge in [-0.05, 0) is 31.0 Å². The van der Waals surface area contributed by atoms with E-state index in [2.05, 4.69) is 39.0 Å². The minimum Gasteiger partial charge on any atom is -0.366 e. The van der Waals surface area contributed by atoms with Crippen LogP contribution in [0.5, 0.6) is 0 Å². The molecular formula is C11H15BrN2O. The van der Waals surface area contributed by atoms with Gasteiger partial charge in [-0.25, -0.2) is 5.90 Å². The summed E-state index contributed by atoms with van der Waals surface area (Å²) in [6, 6.07) is 8.77. The largest absolute Gasteiger partial charge is 0.366 e. The number of rotatable bonds is 3. The second-order valence-corrected chi connectivity index (χ2v) is 4.72. The van der Waals surface area contributed by atoms with Crippen LogP contribution in [0.25, 0.3) is 0 Å². The van der Waals surface area contributed by atoms with E-state index in [0.29, 0.717) is 12.6 Å². The Balaban J connectivity index is 2.15. The Morgan fingerprint density at radius 2 is 2.40 bits per heavy atom. The summed E-state index contributed by atoms with van der Waals surface area (Å²) in [4.78, 5) is 7.11. The molecule has 0 aliphatic carbocycles. The first kappa shape index (κ1) is 10.9. The molecule has 3 nitrogen and oxygen atoms in total. The van der Waals surface area contributed by atoms with Crippen molar-refractivity contribution in [3.05, 3.63) is 28.7 Å². The minimum absolute atomic E-state index is 0.421. The zero-order chi connectivity index (χ0) is 10.7. The van der Waals surface area contributed by atoms with Crippen molar-refractivity contribution in [3.63, 3.8) is 0 Å². The van der Waals surface area contributed by atoms with Crippen molar-refractivity contribution in [3.8, 4) is 0 Å². The van der Waals surface area contributed by atoms with Crippen LogP contribution in [0, 0.1) is 0 Å². The molecule has 1 aromatic carbocycles. The molecule has 1 aliphatic heterocycles. The molecule has 0 aromatic heterocycles. The van der Waals surface area contributed by atoms with Crippen LogP contribution in [-0.4, -0.2) is 19.2 Å². The quantitative estimate of drug-likeness (QED) is 0.857. The topological polar surface area (TPSA) is 38.5 Å². The van der Waals surface area contributed by atoms with Crippen LogP contribution in [0.15, 0.2) is 28.7 Å². The van der Waals surface area contributed by atoms with Crippen molar-refractivity contribution in [2.24, 2.45) is 5.90 Å². The van der Waals surface area contributed by atoms with Crippen LogP contribution in [0.4, 0.5) is 5.69 Å². The Bertz CT molecular complexity index is 332. The number of benzene rings is 1. The van der Waals surface area contributed by atoms with E-state index in [4.69, 9.17) is 10.7 Å². The fourth-order valence-electron chi connectivity index (χ4n) is 2.11. The molecule has 1 aliphatic rings. The number of nitrogens with two attached hydrogens (primary N) is 1. The summed E-state index contributed by atoms with van der Waals surface area (Å²) < 4.78 is 1.11. The Labute approximate surface area is 98.3 Å². The molecule has 1 fully saturated rings. The molecule has 1 saturated heterocycles. The number of hydrogen-bond donors (Lipinski definition) is 1. The lowest BCUT2D eigenvalue weighted by molar-refractivity contribution is 0.124. The van der Waals surface area contributed by atoms with Gasteiger partial charge in [0, 0.05) is 16.7 Å². The molecule has 1 aromatic rings. The van der Waals surface area contributed by atoms with E-state index < -0.39 is 0 Å². The highest BCUT2D eigenvalue weighted by molar-refractivity contribution is 9.10. The third-order valence-corrected chi connectivity index (χ3v) is 3.30. The highest BCUT2D eigenvalue weighted by Crippen LogP contribution is 2.27. The summed E-state index contributed by atoms with van der Waals surface area (Å²) in [5, 5.41) is 0. The maximum atomic E-state index is 5.14. The summed E-state index contributed by atoms with van der Waals surface area (Å²) >= 11 is 3.49. The lowest BCUT2D eigenvalue weighted by Crippen LogP contribution is -2.33. The molecule has 2 N–H and O–H groups in total. The van der Waals surface area contributed by atoms with Crippen molar-refractivity contribution in [1.82, 2.24) is 0 Å². The molecule has 0 saturated carbocycles. The van der Waals surface area contributed by atoms with Crippen molar-refractivity contribution < 1.29 is 4.84 Å². The highest BCUT2D eigenvalue weighted by atomic mass is 79.9. The summed E-state index contributed by atoms with van der Waals surface area (Å²) in [7, 11) is 0. The molecule has 1 unspecified atom stereocenters. The average molecular weight is 271 g/mol. The predicted molar refractivity (Wildman–Crippen MR) is 64.6 cm³/mol. The third-order valence-electron chi connectivity index (χ3n) is 2.81. The van der Waals surface area contributed by atoms with Crippen LogP contribution < -0.4 is 10.8 Å². The summed E-state index contributed by atoms with van der Waals surface area (Å²) in [5.41, 5.74) is 1.24. The van der Waals surface area contributed by atoms with E-state index >= 15 is 0 Å². The molecule has 82 valence electrons. The Kier molecular flexibility index (Phi) is 3.61. The van der Waals surface area contributed by atoms with Gasteiger partial charge in [-0.15, -0.1) is 0 Å². The summed E-state index contributed by atoms with van der Waals surface area (Å²) in [6.07, 6.45) is 2.37. The maximum Gasteiger partial charge on any atom is 0.0882 e. The monoisotopic (exact) mass is 270 g/mol. The number of hydrogen-bond acceptors (Lipinski definition) is 3. The molecule has 0 spiro atoms. The summed E-state index contributed by atoms with van der Waals surface area (Å²) in [6.45, 7) is 1.69. The van der Waals surface area contributed by atoms with Gasteiger partial charge in [0.25, 0.3) is 0 Å².